The van der Waals surface area contributed by atoms with Crippen LogP contribution in [0.3, 0.4) is 0 Å². The van der Waals surface area contributed by atoms with Crippen molar-refractivity contribution in [1.29, 1.82) is 0 Å². The fourth-order valence-electron chi connectivity index (χ4n) is 4.71. The van der Waals surface area contributed by atoms with Gasteiger partial charge in [0.25, 0.3) is 0 Å². The number of ether oxygens (including phenoxy) is 1. The minimum atomic E-state index is -0.724. The molecule has 29 heavy (non-hydrogen) atoms. The van der Waals surface area contributed by atoms with Gasteiger partial charge < -0.3 is 9.72 Å². The Kier molecular flexibility index (Phi) is 5.99. The Labute approximate surface area is 169 Å². The third-order valence-corrected chi connectivity index (χ3v) is 6.15. The molecular formula is C23H28F2N2O2. The summed E-state index contributed by atoms with van der Waals surface area (Å²) in [6.07, 6.45) is 12.4. The van der Waals surface area contributed by atoms with Crippen LogP contribution in [0.4, 0.5) is 8.78 Å². The number of nitrogens with zero attached hydrogens (tertiary/aromatic N) is 1. The van der Waals surface area contributed by atoms with Crippen molar-refractivity contribution in [2.24, 2.45) is 0 Å². The molecule has 2 atom stereocenters. The molecule has 1 aromatic carbocycles. The largest absolute Gasteiger partial charge is 0.378 e. The van der Waals surface area contributed by atoms with Crippen LogP contribution in [0.25, 0.3) is 11.0 Å². The molecule has 156 valence electrons. The van der Waals surface area contributed by atoms with Crippen molar-refractivity contribution in [3.05, 3.63) is 57.5 Å². The summed E-state index contributed by atoms with van der Waals surface area (Å²) >= 11 is 0. The molecular weight excluding hydrogens is 374 g/mol. The van der Waals surface area contributed by atoms with E-state index in [0.717, 1.165) is 64.0 Å². The number of benzene rings is 1. The smallest absolute Gasteiger partial charge is 0.326 e. The molecule has 0 saturated heterocycles. The molecule has 6 heteroatoms. The average Bonchev–Trinajstić information content (AvgIpc) is 2.86. The van der Waals surface area contributed by atoms with Crippen molar-refractivity contribution < 1.29 is 13.5 Å². The molecule has 2 aromatic rings. The molecule has 4 nitrogen and oxygen atoms in total. The van der Waals surface area contributed by atoms with Gasteiger partial charge in [-0.1, -0.05) is 23.3 Å². The number of rotatable bonds is 5. The number of H-pyrrole nitrogens is 1. The van der Waals surface area contributed by atoms with E-state index in [-0.39, 0.29) is 17.2 Å². The molecule has 0 fully saturated rings. The Morgan fingerprint density at radius 1 is 1.14 bits per heavy atom. The van der Waals surface area contributed by atoms with Crippen LogP contribution in [0.15, 0.2) is 40.2 Å². The van der Waals surface area contributed by atoms with Crippen LogP contribution < -0.4 is 5.69 Å². The summed E-state index contributed by atoms with van der Waals surface area (Å²) in [6, 6.07) is 1.99. The monoisotopic (exact) mass is 402 g/mol. The number of aromatic amines is 1. The van der Waals surface area contributed by atoms with Crippen LogP contribution in [0.2, 0.25) is 0 Å². The van der Waals surface area contributed by atoms with Crippen LogP contribution in [0.5, 0.6) is 0 Å². The van der Waals surface area contributed by atoms with E-state index in [2.05, 4.69) is 17.1 Å². The fourth-order valence-corrected chi connectivity index (χ4v) is 4.71. The number of hydrogen-bond acceptors (Lipinski definition) is 2. The summed E-state index contributed by atoms with van der Waals surface area (Å²) in [5.41, 5.74) is 2.91. The number of halogens is 2. The van der Waals surface area contributed by atoms with E-state index < -0.39 is 11.6 Å². The van der Waals surface area contributed by atoms with Gasteiger partial charge in [0.15, 0.2) is 5.82 Å². The minimum Gasteiger partial charge on any atom is -0.378 e. The Bertz CT molecular complexity index is 1000. The lowest BCUT2D eigenvalue weighted by molar-refractivity contribution is 0.0558. The normalized spacial score (nSPS) is 23.0. The summed E-state index contributed by atoms with van der Waals surface area (Å²) in [7, 11) is 0. The van der Waals surface area contributed by atoms with Crippen molar-refractivity contribution in [2.75, 3.05) is 6.61 Å². The fraction of sp³-hybridized carbons (Fsp3) is 0.522. The molecule has 1 aromatic heterocycles. The molecule has 0 amide bonds. The SMILES string of the molecule is CCO[C@@H]1CC=C(CC2=CCCC(n3c(=O)[nH]c4c(F)cc(F)cc43)CC2)CC1. The summed E-state index contributed by atoms with van der Waals surface area (Å²) in [5.74, 6) is -1.39. The zero-order chi connectivity index (χ0) is 20.4. The first-order valence-electron chi connectivity index (χ1n) is 10.6. The Balaban J connectivity index is 1.46. The third kappa shape index (κ3) is 4.37. The van der Waals surface area contributed by atoms with Crippen molar-refractivity contribution in [3.8, 4) is 0 Å². The number of allylic oxidation sites excluding steroid dienone is 3. The molecule has 1 heterocycles. The molecule has 0 saturated carbocycles. The van der Waals surface area contributed by atoms with Crippen molar-refractivity contribution in [1.82, 2.24) is 9.55 Å². The first-order valence-corrected chi connectivity index (χ1v) is 10.6. The minimum absolute atomic E-state index is 0.0612. The van der Waals surface area contributed by atoms with Gasteiger partial charge in [-0.3, -0.25) is 4.57 Å². The maximum atomic E-state index is 14.0. The highest BCUT2D eigenvalue weighted by Crippen LogP contribution is 2.33. The number of imidazole rings is 1. The zero-order valence-corrected chi connectivity index (χ0v) is 16.8. The Hall–Kier alpha value is -2.21. The van der Waals surface area contributed by atoms with Crippen molar-refractivity contribution >= 4 is 11.0 Å². The highest BCUT2D eigenvalue weighted by molar-refractivity contribution is 5.76. The van der Waals surface area contributed by atoms with Gasteiger partial charge >= 0.3 is 5.69 Å². The summed E-state index contributed by atoms with van der Waals surface area (Å²) in [4.78, 5) is 15.0. The van der Waals surface area contributed by atoms with Gasteiger partial charge in [0.05, 0.1) is 11.6 Å². The van der Waals surface area contributed by atoms with Crippen LogP contribution in [-0.4, -0.2) is 22.3 Å². The standard InChI is InChI=1S/C23H28F2N2O2/c1-2-29-19-10-7-16(8-11-19)12-15-4-3-5-18(9-6-15)27-21-14-17(24)13-20(25)22(21)26-23(27)28/h4,7,13-14,18-19H,2-3,5-6,8-12H2,1H3,(H,26,28)/t18?,19-/m1/s1. The van der Waals surface area contributed by atoms with E-state index in [1.54, 1.807) is 4.57 Å². The highest BCUT2D eigenvalue weighted by atomic mass is 19.1. The second kappa shape index (κ2) is 8.66. The maximum absolute atomic E-state index is 14.0. The molecule has 0 spiro atoms. The second-order valence-electron chi connectivity index (χ2n) is 8.10. The van der Waals surface area contributed by atoms with Gasteiger partial charge in [0.1, 0.15) is 11.3 Å². The quantitative estimate of drug-likeness (QED) is 0.666. The molecule has 1 N–H and O–H groups in total. The number of aromatic nitrogens is 2. The number of nitrogens with one attached hydrogen (secondary N) is 1. The topological polar surface area (TPSA) is 47.0 Å². The number of fused-ring (bicyclic) bond motifs is 1. The number of hydrogen-bond donors (Lipinski definition) is 1. The molecule has 1 unspecified atom stereocenters. The van der Waals surface area contributed by atoms with Gasteiger partial charge in [-0.25, -0.2) is 13.6 Å². The first kappa shape index (κ1) is 20.1. The van der Waals surface area contributed by atoms with Gasteiger partial charge in [0, 0.05) is 24.8 Å². The van der Waals surface area contributed by atoms with Crippen molar-refractivity contribution in [2.45, 2.75) is 70.4 Å². The Morgan fingerprint density at radius 3 is 2.69 bits per heavy atom. The predicted molar refractivity (Wildman–Crippen MR) is 110 cm³/mol. The molecule has 2 aliphatic carbocycles. The van der Waals surface area contributed by atoms with Crippen LogP contribution in [0.1, 0.15) is 64.3 Å². The average molecular weight is 402 g/mol. The molecule has 0 bridgehead atoms. The zero-order valence-electron chi connectivity index (χ0n) is 16.8. The molecule has 4 rings (SSSR count). The predicted octanol–water partition coefficient (Wildman–Crippen LogP) is 5.55. The lowest BCUT2D eigenvalue weighted by Gasteiger charge is -2.22. The molecule has 0 aliphatic heterocycles. The second-order valence-corrected chi connectivity index (χ2v) is 8.10. The van der Waals surface area contributed by atoms with E-state index in [9.17, 15) is 13.6 Å². The van der Waals surface area contributed by atoms with Crippen molar-refractivity contribution in [3.63, 3.8) is 0 Å². The lowest BCUT2D eigenvalue weighted by atomic mass is 9.91. The van der Waals surface area contributed by atoms with E-state index in [0.29, 0.717) is 11.6 Å². The van der Waals surface area contributed by atoms with Crippen LogP contribution in [0, 0.1) is 11.6 Å². The molecule has 0 radical (unpaired) electrons. The van der Waals surface area contributed by atoms with Gasteiger partial charge in [-0.05, 0) is 58.3 Å². The van der Waals surface area contributed by atoms with Gasteiger partial charge in [0.2, 0.25) is 0 Å². The highest BCUT2D eigenvalue weighted by Gasteiger charge is 2.22. The molecule has 2 aliphatic rings. The van der Waals surface area contributed by atoms with Gasteiger partial charge in [-0.15, -0.1) is 0 Å². The van der Waals surface area contributed by atoms with E-state index >= 15 is 0 Å². The third-order valence-electron chi connectivity index (χ3n) is 6.15. The Morgan fingerprint density at radius 2 is 1.93 bits per heavy atom. The van der Waals surface area contributed by atoms with E-state index in [1.807, 2.05) is 6.92 Å². The maximum Gasteiger partial charge on any atom is 0.326 e. The van der Waals surface area contributed by atoms with Crippen LogP contribution in [-0.2, 0) is 4.74 Å². The van der Waals surface area contributed by atoms with E-state index in [4.69, 9.17) is 4.74 Å². The summed E-state index contributed by atoms with van der Waals surface area (Å²) < 4.78 is 35.0. The van der Waals surface area contributed by atoms with Gasteiger partial charge in [-0.2, -0.15) is 0 Å². The van der Waals surface area contributed by atoms with Crippen LogP contribution >= 0.6 is 0 Å². The first-order chi connectivity index (χ1) is 14.0. The summed E-state index contributed by atoms with van der Waals surface area (Å²) in [5, 5.41) is 0. The van der Waals surface area contributed by atoms with E-state index in [1.165, 1.54) is 17.2 Å². The lowest BCUT2D eigenvalue weighted by Crippen LogP contribution is -2.22. The summed E-state index contributed by atoms with van der Waals surface area (Å²) in [6.45, 7) is 2.80.